The molecule has 0 saturated heterocycles. The summed E-state index contributed by atoms with van der Waals surface area (Å²) in [5.74, 6) is 3.37. The lowest BCUT2D eigenvalue weighted by Crippen LogP contribution is -2.29. The number of nitrogens with zero attached hydrogens (tertiary/aromatic N) is 1. The Labute approximate surface area is 204 Å². The molecule has 0 atom stereocenters. The highest BCUT2D eigenvalue weighted by Gasteiger charge is 2.39. The predicted molar refractivity (Wildman–Crippen MR) is 136 cm³/mol. The number of carbonyl (C=O) groups excluding carboxylic acids is 1. The highest BCUT2D eigenvalue weighted by molar-refractivity contribution is 6.08. The van der Waals surface area contributed by atoms with Crippen molar-refractivity contribution in [2.75, 3.05) is 13.7 Å². The molecule has 0 aliphatic heterocycles. The van der Waals surface area contributed by atoms with E-state index in [2.05, 4.69) is 4.98 Å². The molecule has 35 heavy (non-hydrogen) atoms. The van der Waals surface area contributed by atoms with Gasteiger partial charge in [0.2, 0.25) is 0 Å². The van der Waals surface area contributed by atoms with E-state index in [4.69, 9.17) is 19.9 Å². The van der Waals surface area contributed by atoms with Gasteiger partial charge in [0, 0.05) is 29.6 Å². The molecule has 3 aromatic carbocycles. The van der Waals surface area contributed by atoms with Crippen LogP contribution in [-0.2, 0) is 0 Å². The van der Waals surface area contributed by atoms with E-state index in [-0.39, 0.29) is 11.3 Å². The van der Waals surface area contributed by atoms with Gasteiger partial charge in [-0.05, 0) is 72.7 Å². The van der Waals surface area contributed by atoms with Gasteiger partial charge in [0.1, 0.15) is 18.1 Å². The molecule has 0 amide bonds. The van der Waals surface area contributed by atoms with E-state index in [0.29, 0.717) is 41.9 Å². The second-order valence-electron chi connectivity index (χ2n) is 9.84. The number of benzene rings is 3. The minimum Gasteiger partial charge on any atom is -0.493 e. The average Bonchev–Trinajstić information content (AvgIpc) is 3.81. The number of Topliss-reactive ketones (excluding diaryl/α,β-unsaturated/α-hetero) is 1. The molecule has 0 spiro atoms. The van der Waals surface area contributed by atoms with Crippen LogP contribution in [0.3, 0.4) is 0 Å². The number of hydrogen-bond donors (Lipinski definition) is 1. The lowest BCUT2D eigenvalue weighted by Gasteiger charge is -2.16. The summed E-state index contributed by atoms with van der Waals surface area (Å²) in [7, 11) is 1.62. The number of aromatic nitrogens is 1. The summed E-state index contributed by atoms with van der Waals surface area (Å²) in [6, 6.07) is 17.3. The Bertz CT molecular complexity index is 1440. The van der Waals surface area contributed by atoms with E-state index in [1.165, 1.54) is 12.8 Å². The normalized spacial score (nSPS) is 16.3. The van der Waals surface area contributed by atoms with E-state index in [0.717, 1.165) is 40.1 Å². The molecule has 2 N–H and O–H groups in total. The molecule has 6 heteroatoms. The number of ether oxygens (including phenoxy) is 3. The van der Waals surface area contributed by atoms with Gasteiger partial charge in [-0.1, -0.05) is 18.2 Å². The summed E-state index contributed by atoms with van der Waals surface area (Å²) in [5.41, 5.74) is 7.49. The molecule has 1 aromatic heterocycles. The monoisotopic (exact) mass is 468 g/mol. The van der Waals surface area contributed by atoms with Gasteiger partial charge in [-0.2, -0.15) is 0 Å². The van der Waals surface area contributed by atoms with Crippen molar-refractivity contribution in [3.8, 4) is 23.0 Å². The first-order valence-corrected chi connectivity index (χ1v) is 12.1. The van der Waals surface area contributed by atoms with Crippen molar-refractivity contribution in [1.82, 2.24) is 4.98 Å². The third kappa shape index (κ3) is 4.54. The zero-order valence-corrected chi connectivity index (χ0v) is 19.8. The van der Waals surface area contributed by atoms with Crippen LogP contribution in [0.4, 0.5) is 0 Å². The fourth-order valence-electron chi connectivity index (χ4n) is 4.41. The number of pyridine rings is 1. The summed E-state index contributed by atoms with van der Waals surface area (Å²) < 4.78 is 17.9. The first-order chi connectivity index (χ1) is 17.0. The number of carbonyl (C=O) groups is 1. The minimum absolute atomic E-state index is 0.222. The maximum Gasteiger partial charge on any atom is 0.163 e. The second-order valence-corrected chi connectivity index (χ2v) is 9.84. The number of hydrogen-bond acceptors (Lipinski definition) is 6. The lowest BCUT2D eigenvalue weighted by atomic mass is 9.98. The van der Waals surface area contributed by atoms with E-state index < -0.39 is 0 Å². The topological polar surface area (TPSA) is 83.7 Å². The van der Waals surface area contributed by atoms with Crippen molar-refractivity contribution >= 4 is 27.5 Å². The first-order valence-electron chi connectivity index (χ1n) is 12.1. The van der Waals surface area contributed by atoms with Gasteiger partial charge in [-0.25, -0.2) is 0 Å². The summed E-state index contributed by atoms with van der Waals surface area (Å²) >= 11 is 0. The molecule has 0 bridgehead atoms. The van der Waals surface area contributed by atoms with E-state index in [1.807, 2.05) is 54.6 Å². The molecule has 2 saturated carbocycles. The van der Waals surface area contributed by atoms with Crippen LogP contribution in [-0.4, -0.2) is 30.0 Å². The van der Waals surface area contributed by atoms with Crippen molar-refractivity contribution in [3.05, 3.63) is 66.4 Å². The molecule has 1 heterocycles. The summed E-state index contributed by atoms with van der Waals surface area (Å²) in [5, 5.41) is 2.76. The maximum absolute atomic E-state index is 12.8. The van der Waals surface area contributed by atoms with Crippen LogP contribution in [0.25, 0.3) is 21.7 Å². The molecule has 4 aromatic rings. The zero-order chi connectivity index (χ0) is 24.0. The Kier molecular flexibility index (Phi) is 5.33. The Morgan fingerprint density at radius 2 is 1.89 bits per heavy atom. The summed E-state index contributed by atoms with van der Waals surface area (Å²) in [6.45, 7) is 0.452. The smallest absolute Gasteiger partial charge is 0.163 e. The van der Waals surface area contributed by atoms with Crippen molar-refractivity contribution in [3.63, 3.8) is 0 Å². The van der Waals surface area contributed by atoms with E-state index in [1.54, 1.807) is 13.3 Å². The predicted octanol–water partition coefficient (Wildman–Crippen LogP) is 6.04. The molecule has 178 valence electrons. The third-order valence-electron chi connectivity index (χ3n) is 6.95. The fourth-order valence-corrected chi connectivity index (χ4v) is 4.41. The zero-order valence-electron chi connectivity index (χ0n) is 19.8. The Morgan fingerprint density at radius 1 is 1.03 bits per heavy atom. The number of methoxy groups -OCH3 is 1. The maximum atomic E-state index is 12.8. The van der Waals surface area contributed by atoms with Gasteiger partial charge < -0.3 is 19.9 Å². The molecule has 6 rings (SSSR count). The quantitative estimate of drug-likeness (QED) is 0.302. The molecule has 0 radical (unpaired) electrons. The van der Waals surface area contributed by atoms with Crippen molar-refractivity contribution in [2.24, 2.45) is 11.7 Å². The largest absolute Gasteiger partial charge is 0.493 e. The Hall–Kier alpha value is -3.64. The van der Waals surface area contributed by atoms with E-state index >= 15 is 0 Å². The summed E-state index contributed by atoms with van der Waals surface area (Å²) in [6.07, 6.45) is 6.64. The van der Waals surface area contributed by atoms with Gasteiger partial charge >= 0.3 is 0 Å². The van der Waals surface area contributed by atoms with Gasteiger partial charge in [-0.15, -0.1) is 0 Å². The summed E-state index contributed by atoms with van der Waals surface area (Å²) in [4.78, 5) is 17.3. The number of fused-ring (bicyclic) bond motifs is 2. The van der Waals surface area contributed by atoms with Crippen LogP contribution in [0.2, 0.25) is 0 Å². The minimum atomic E-state index is -0.225. The second kappa shape index (κ2) is 8.54. The first kappa shape index (κ1) is 21.9. The highest BCUT2D eigenvalue weighted by Crippen LogP contribution is 2.40. The molecule has 0 unspecified atom stereocenters. The molecule has 2 aliphatic rings. The standard InChI is InChI=1S/C29H28N2O4/c1-33-27-15-23-24(16-28(27)34-17-29(30)10-11-29)31-12-9-26(23)35-20-7-8-21-19(14-20)3-2-4-22(21)25(32)13-18-5-6-18/h2-4,7-9,12,14-16,18H,5-6,10-11,13,17,30H2,1H3. The van der Waals surface area contributed by atoms with Crippen molar-refractivity contribution < 1.29 is 19.0 Å². The fraction of sp³-hybridized carbons (Fsp3) is 0.310. The van der Waals surface area contributed by atoms with Gasteiger partial charge in [0.15, 0.2) is 17.3 Å². The Balaban J connectivity index is 1.30. The molecular weight excluding hydrogens is 440 g/mol. The highest BCUT2D eigenvalue weighted by atomic mass is 16.5. The van der Waals surface area contributed by atoms with Gasteiger partial charge in [-0.3, -0.25) is 9.78 Å². The van der Waals surface area contributed by atoms with Crippen LogP contribution < -0.4 is 19.9 Å². The molecular formula is C29H28N2O4. The molecule has 2 fully saturated rings. The number of nitrogens with two attached hydrogens (primary N) is 1. The van der Waals surface area contributed by atoms with Crippen LogP contribution in [0.5, 0.6) is 23.0 Å². The molecule has 2 aliphatic carbocycles. The van der Waals surface area contributed by atoms with E-state index in [9.17, 15) is 4.79 Å². The number of rotatable bonds is 9. The van der Waals surface area contributed by atoms with Crippen molar-refractivity contribution in [1.29, 1.82) is 0 Å². The van der Waals surface area contributed by atoms with Gasteiger partial charge in [0.05, 0.1) is 18.2 Å². The van der Waals surface area contributed by atoms with Gasteiger partial charge in [0.25, 0.3) is 0 Å². The SMILES string of the molecule is COc1cc2c(Oc3ccc4c(C(=O)CC5CC5)cccc4c3)ccnc2cc1OCC1(N)CC1. The lowest BCUT2D eigenvalue weighted by molar-refractivity contribution is 0.0977. The number of ketones is 1. The third-order valence-corrected chi connectivity index (χ3v) is 6.95. The molecule has 6 nitrogen and oxygen atoms in total. The van der Waals surface area contributed by atoms with Crippen LogP contribution in [0.15, 0.2) is 60.8 Å². The van der Waals surface area contributed by atoms with Crippen LogP contribution in [0, 0.1) is 5.92 Å². The van der Waals surface area contributed by atoms with Crippen LogP contribution >= 0.6 is 0 Å². The Morgan fingerprint density at radius 3 is 2.66 bits per heavy atom. The van der Waals surface area contributed by atoms with Crippen LogP contribution in [0.1, 0.15) is 42.5 Å². The average molecular weight is 469 g/mol. The van der Waals surface area contributed by atoms with Crippen molar-refractivity contribution in [2.45, 2.75) is 37.6 Å².